The summed E-state index contributed by atoms with van der Waals surface area (Å²) >= 11 is 0. The zero-order chi connectivity index (χ0) is 12.9. The summed E-state index contributed by atoms with van der Waals surface area (Å²) in [5, 5.41) is 36.1. The first kappa shape index (κ1) is 15.6. The number of aliphatic hydroxyl groups is 4. The molecule has 0 aromatic rings. The molecular weight excluding hydrogens is 247 g/mol. The number of carbonyl (C=O) groups is 1. The quantitative estimate of drug-likeness (QED) is 0.207. The Bertz CT molecular complexity index is 268. The van der Waals surface area contributed by atoms with Crippen LogP contribution in [0.4, 0.5) is 0 Å². The summed E-state index contributed by atoms with van der Waals surface area (Å²) in [6, 6.07) is 0. The van der Waals surface area contributed by atoms with Gasteiger partial charge in [-0.15, -0.1) is 0 Å². The highest BCUT2D eigenvalue weighted by Crippen LogP contribution is 2.35. The first-order chi connectivity index (χ1) is 7.19. The van der Waals surface area contributed by atoms with Gasteiger partial charge in [0.2, 0.25) is 0 Å². The molecule has 16 heavy (non-hydrogen) atoms. The Morgan fingerprint density at radius 1 is 1.19 bits per heavy atom. The molecule has 98 valence electrons. The highest BCUT2D eigenvalue weighted by Gasteiger charge is 2.31. The maximum absolute atomic E-state index is 10.2. The van der Waals surface area contributed by atoms with Gasteiger partial charge in [0.25, 0.3) is 0 Å². The van der Waals surface area contributed by atoms with Crippen LogP contribution in [-0.2, 0) is 13.9 Å². The Labute approximate surface area is 91.6 Å². The number of hydrogen-bond acceptors (Lipinski definition) is 7. The van der Waals surface area contributed by atoms with Gasteiger partial charge in [-0.1, -0.05) is 0 Å². The topological polar surface area (TPSA) is 165 Å². The standard InChI is InChI=1S/C6H13O9P.H2/c7-1-3(8)5(10)6(11)4(9)2-15-16(12,13)14;/h1,3-6,8-11H,2H2,(H2,12,13,14);1H/t3-,4+,5+,6+;/m0./s1. The van der Waals surface area contributed by atoms with Crippen molar-refractivity contribution in [3.8, 4) is 0 Å². The van der Waals surface area contributed by atoms with E-state index in [-0.39, 0.29) is 7.71 Å². The molecule has 0 aliphatic carbocycles. The molecule has 0 fully saturated rings. The summed E-state index contributed by atoms with van der Waals surface area (Å²) in [4.78, 5) is 26.6. The van der Waals surface area contributed by atoms with Gasteiger partial charge >= 0.3 is 7.82 Å². The predicted octanol–water partition coefficient (Wildman–Crippen LogP) is -3.02. The Morgan fingerprint density at radius 3 is 2.06 bits per heavy atom. The second-order valence-corrected chi connectivity index (χ2v) is 4.20. The molecule has 0 saturated heterocycles. The van der Waals surface area contributed by atoms with Crippen molar-refractivity contribution >= 4 is 14.1 Å². The van der Waals surface area contributed by atoms with Gasteiger partial charge in [-0.25, -0.2) is 4.57 Å². The molecule has 9 nitrogen and oxygen atoms in total. The molecular formula is C6H15O9P. The minimum Gasteiger partial charge on any atom is -0.388 e. The van der Waals surface area contributed by atoms with Gasteiger partial charge in [0.15, 0.2) is 6.29 Å². The Kier molecular flexibility index (Phi) is 6.23. The predicted molar refractivity (Wildman–Crippen MR) is 50.2 cm³/mol. The molecule has 6 N–H and O–H groups in total. The second-order valence-electron chi connectivity index (χ2n) is 2.96. The van der Waals surface area contributed by atoms with Crippen LogP contribution in [0.3, 0.4) is 0 Å². The highest BCUT2D eigenvalue weighted by molar-refractivity contribution is 7.46. The van der Waals surface area contributed by atoms with Gasteiger partial charge in [-0.2, -0.15) is 0 Å². The van der Waals surface area contributed by atoms with Crippen LogP contribution in [0.2, 0.25) is 0 Å². The fourth-order valence-electron chi connectivity index (χ4n) is 0.782. The molecule has 0 bridgehead atoms. The fourth-order valence-corrected chi connectivity index (χ4v) is 1.13. The van der Waals surface area contributed by atoms with Crippen LogP contribution in [0, 0.1) is 0 Å². The van der Waals surface area contributed by atoms with E-state index in [1.165, 1.54) is 0 Å². The minimum absolute atomic E-state index is 0. The summed E-state index contributed by atoms with van der Waals surface area (Å²) in [6.07, 6.45) is -7.80. The highest BCUT2D eigenvalue weighted by atomic mass is 31.2. The third-order valence-corrected chi connectivity index (χ3v) is 2.13. The van der Waals surface area contributed by atoms with Crippen molar-refractivity contribution in [2.45, 2.75) is 24.4 Å². The SMILES string of the molecule is O=C[C@H](O)[C@@H](O)[C@H](O)[C@H](O)COP(=O)(O)O.[HH]. The third kappa shape index (κ3) is 5.64. The van der Waals surface area contributed by atoms with Crippen LogP contribution in [0.15, 0.2) is 0 Å². The van der Waals surface area contributed by atoms with Crippen LogP contribution in [-0.4, -0.2) is 67.5 Å². The van der Waals surface area contributed by atoms with Crippen LogP contribution in [0.5, 0.6) is 0 Å². The summed E-state index contributed by atoms with van der Waals surface area (Å²) in [7, 11) is -4.80. The normalized spacial score (nSPS) is 19.9. The lowest BCUT2D eigenvalue weighted by Gasteiger charge is -2.23. The number of carbonyl (C=O) groups excluding carboxylic acids is 1. The van der Waals surface area contributed by atoms with Crippen LogP contribution >= 0.6 is 7.82 Å². The van der Waals surface area contributed by atoms with Gasteiger partial charge in [0.1, 0.15) is 24.4 Å². The average Bonchev–Trinajstić information content (AvgIpc) is 2.21. The van der Waals surface area contributed by atoms with E-state index in [0.29, 0.717) is 0 Å². The maximum Gasteiger partial charge on any atom is 0.469 e. The fraction of sp³-hybridized carbons (Fsp3) is 0.833. The summed E-state index contributed by atoms with van der Waals surface area (Å²) in [5.74, 6) is 0. The number of aldehydes is 1. The van der Waals surface area contributed by atoms with Crippen molar-refractivity contribution < 1.29 is 45.5 Å². The van der Waals surface area contributed by atoms with Crippen molar-refractivity contribution in [3.63, 3.8) is 0 Å². The minimum atomic E-state index is -4.80. The smallest absolute Gasteiger partial charge is 0.388 e. The third-order valence-electron chi connectivity index (χ3n) is 1.65. The number of hydrogen-bond donors (Lipinski definition) is 6. The second kappa shape index (κ2) is 6.38. The van der Waals surface area contributed by atoms with Crippen molar-refractivity contribution in [2.75, 3.05) is 6.61 Å². The Morgan fingerprint density at radius 2 is 1.69 bits per heavy atom. The number of phosphoric acid groups is 1. The lowest BCUT2D eigenvalue weighted by atomic mass is 10.0. The van der Waals surface area contributed by atoms with E-state index in [1.54, 1.807) is 0 Å². The zero-order valence-corrected chi connectivity index (χ0v) is 8.84. The van der Waals surface area contributed by atoms with Gasteiger partial charge in [-0.05, 0) is 0 Å². The average molecular weight is 262 g/mol. The molecule has 0 aliphatic rings. The van der Waals surface area contributed by atoms with E-state index in [2.05, 4.69) is 4.52 Å². The monoisotopic (exact) mass is 262 g/mol. The molecule has 0 saturated carbocycles. The Balaban J connectivity index is 0. The van der Waals surface area contributed by atoms with Crippen LogP contribution < -0.4 is 0 Å². The van der Waals surface area contributed by atoms with Gasteiger partial charge < -0.3 is 35.0 Å². The molecule has 0 aliphatic heterocycles. The van der Waals surface area contributed by atoms with Crippen molar-refractivity contribution in [1.29, 1.82) is 0 Å². The molecule has 0 heterocycles. The van der Waals surface area contributed by atoms with E-state index >= 15 is 0 Å². The summed E-state index contributed by atoms with van der Waals surface area (Å²) < 4.78 is 14.1. The largest absolute Gasteiger partial charge is 0.469 e. The number of phosphoric ester groups is 1. The molecule has 0 radical (unpaired) electrons. The van der Waals surface area contributed by atoms with E-state index in [0.717, 1.165) is 0 Å². The molecule has 0 aromatic heterocycles. The summed E-state index contributed by atoms with van der Waals surface area (Å²) in [6.45, 7) is -0.964. The van der Waals surface area contributed by atoms with Gasteiger partial charge in [0.05, 0.1) is 6.61 Å². The van der Waals surface area contributed by atoms with Crippen LogP contribution in [0.25, 0.3) is 0 Å². The number of rotatable bonds is 7. The van der Waals surface area contributed by atoms with Crippen LogP contribution in [0.1, 0.15) is 1.43 Å². The van der Waals surface area contributed by atoms with E-state index in [4.69, 9.17) is 30.2 Å². The molecule has 10 heteroatoms. The van der Waals surface area contributed by atoms with Gasteiger partial charge in [0, 0.05) is 1.43 Å². The molecule has 0 aromatic carbocycles. The van der Waals surface area contributed by atoms with E-state index in [9.17, 15) is 9.36 Å². The maximum atomic E-state index is 10.2. The molecule has 4 atom stereocenters. The Hall–Kier alpha value is -0.380. The molecule has 0 rings (SSSR count). The lowest BCUT2D eigenvalue weighted by molar-refractivity contribution is -0.136. The molecule has 0 amide bonds. The molecule has 0 spiro atoms. The van der Waals surface area contributed by atoms with Crippen molar-refractivity contribution in [1.82, 2.24) is 0 Å². The molecule has 0 unspecified atom stereocenters. The number of aliphatic hydroxyl groups excluding tert-OH is 4. The van der Waals surface area contributed by atoms with E-state index < -0.39 is 38.8 Å². The van der Waals surface area contributed by atoms with Crippen molar-refractivity contribution in [2.24, 2.45) is 0 Å². The van der Waals surface area contributed by atoms with Crippen molar-refractivity contribution in [3.05, 3.63) is 0 Å². The zero-order valence-electron chi connectivity index (χ0n) is 7.95. The first-order valence-electron chi connectivity index (χ1n) is 4.06. The lowest BCUT2D eigenvalue weighted by Crippen LogP contribution is -2.46. The summed E-state index contributed by atoms with van der Waals surface area (Å²) in [5.41, 5.74) is 0. The van der Waals surface area contributed by atoms with Gasteiger partial charge in [-0.3, -0.25) is 4.52 Å². The van der Waals surface area contributed by atoms with E-state index in [1.807, 2.05) is 0 Å². The first-order valence-corrected chi connectivity index (χ1v) is 5.59.